The number of hydrogen-bond donors (Lipinski definition) is 1. The number of aliphatic hydroxyl groups is 1. The lowest BCUT2D eigenvalue weighted by Crippen LogP contribution is -2.49. The van der Waals surface area contributed by atoms with Gasteiger partial charge in [-0.05, 0) is 62.7 Å². The van der Waals surface area contributed by atoms with Gasteiger partial charge in [-0.15, -0.1) is 0 Å². The summed E-state index contributed by atoms with van der Waals surface area (Å²) >= 11 is 0. The Kier molecular flexibility index (Phi) is 4.50. The van der Waals surface area contributed by atoms with E-state index in [9.17, 15) is 10.4 Å². The number of nitrogens with zero attached hydrogens (tertiary/aromatic N) is 1. The van der Waals surface area contributed by atoms with Crippen LogP contribution in [0.1, 0.15) is 85.0 Å². The van der Waals surface area contributed by atoms with Crippen molar-refractivity contribution < 1.29 is 5.11 Å². The van der Waals surface area contributed by atoms with E-state index in [2.05, 4.69) is 26.8 Å². The maximum absolute atomic E-state index is 11.3. The van der Waals surface area contributed by atoms with Crippen LogP contribution >= 0.6 is 0 Å². The van der Waals surface area contributed by atoms with E-state index in [1.165, 1.54) is 12.8 Å². The monoisotopic (exact) mass is 277 g/mol. The second-order valence-corrected chi connectivity index (χ2v) is 8.09. The minimum atomic E-state index is -0.742. The topological polar surface area (TPSA) is 44.0 Å². The smallest absolute Gasteiger partial charge is 0.0860 e. The van der Waals surface area contributed by atoms with Crippen LogP contribution in [0.15, 0.2) is 0 Å². The zero-order chi connectivity index (χ0) is 14.9. The van der Waals surface area contributed by atoms with Crippen molar-refractivity contribution >= 4 is 0 Å². The summed E-state index contributed by atoms with van der Waals surface area (Å²) in [6, 6.07) is 2.58. The summed E-state index contributed by atoms with van der Waals surface area (Å²) in [5.41, 5.74) is -0.894. The summed E-state index contributed by atoms with van der Waals surface area (Å²) in [6.45, 7) is 6.84. The molecule has 0 spiro atoms. The van der Waals surface area contributed by atoms with E-state index in [1.807, 2.05) is 0 Å². The van der Waals surface area contributed by atoms with Crippen LogP contribution in [0.25, 0.3) is 0 Å². The quantitative estimate of drug-likeness (QED) is 0.735. The fraction of sp³-hybridized carbons (Fsp3) is 0.944. The van der Waals surface area contributed by atoms with E-state index in [-0.39, 0.29) is 0 Å². The van der Waals surface area contributed by atoms with E-state index >= 15 is 0 Å². The summed E-state index contributed by atoms with van der Waals surface area (Å²) in [4.78, 5) is 0. The first-order chi connectivity index (χ1) is 9.36. The van der Waals surface area contributed by atoms with Gasteiger partial charge in [0.15, 0.2) is 0 Å². The molecule has 0 aliphatic heterocycles. The van der Waals surface area contributed by atoms with E-state index < -0.39 is 11.0 Å². The van der Waals surface area contributed by atoms with E-state index in [1.54, 1.807) is 0 Å². The first-order valence-electron chi connectivity index (χ1n) is 8.50. The molecule has 2 aliphatic rings. The van der Waals surface area contributed by atoms with Gasteiger partial charge in [0, 0.05) is 0 Å². The Bertz CT molecular complexity index is 373. The molecule has 1 unspecified atom stereocenters. The van der Waals surface area contributed by atoms with Crippen molar-refractivity contribution in [1.82, 2.24) is 0 Å². The molecule has 2 fully saturated rings. The van der Waals surface area contributed by atoms with Gasteiger partial charge in [-0.1, -0.05) is 33.6 Å². The summed E-state index contributed by atoms with van der Waals surface area (Å²) in [6.07, 6.45) is 10.2. The molecule has 114 valence electrons. The van der Waals surface area contributed by atoms with E-state index in [0.29, 0.717) is 5.41 Å². The second-order valence-electron chi connectivity index (χ2n) is 8.09. The van der Waals surface area contributed by atoms with Crippen LogP contribution in [0, 0.1) is 28.1 Å². The van der Waals surface area contributed by atoms with Crippen molar-refractivity contribution in [3.8, 4) is 6.07 Å². The molecule has 2 heteroatoms. The number of nitriles is 1. The Hall–Kier alpha value is -0.550. The van der Waals surface area contributed by atoms with Crippen molar-refractivity contribution in [3.05, 3.63) is 0 Å². The van der Waals surface area contributed by atoms with Gasteiger partial charge < -0.3 is 5.11 Å². The van der Waals surface area contributed by atoms with Crippen LogP contribution in [0.3, 0.4) is 0 Å². The summed E-state index contributed by atoms with van der Waals surface area (Å²) in [7, 11) is 0. The predicted molar refractivity (Wildman–Crippen MR) is 82.1 cm³/mol. The fourth-order valence-corrected chi connectivity index (χ4v) is 4.39. The zero-order valence-electron chi connectivity index (χ0n) is 13.5. The summed E-state index contributed by atoms with van der Waals surface area (Å²) < 4.78 is 0. The molecule has 0 aromatic carbocycles. The third-order valence-electron chi connectivity index (χ3n) is 6.30. The molecule has 0 saturated heterocycles. The molecule has 0 bridgehead atoms. The summed E-state index contributed by atoms with van der Waals surface area (Å²) in [5.74, 6) is 0.766. The van der Waals surface area contributed by atoms with Crippen molar-refractivity contribution in [2.45, 2.75) is 90.6 Å². The molecule has 2 nitrogen and oxygen atoms in total. The minimum absolute atomic E-state index is 0.321. The molecule has 1 N–H and O–H groups in total. The fourth-order valence-electron chi connectivity index (χ4n) is 4.39. The van der Waals surface area contributed by atoms with Crippen LogP contribution in [0.5, 0.6) is 0 Å². The highest BCUT2D eigenvalue weighted by Crippen LogP contribution is 2.53. The maximum atomic E-state index is 11.3. The molecule has 0 aromatic heterocycles. The Morgan fingerprint density at radius 2 is 1.70 bits per heavy atom. The highest BCUT2D eigenvalue weighted by molar-refractivity contribution is 5.13. The number of rotatable bonds is 2. The molecule has 2 rings (SSSR count). The minimum Gasteiger partial charge on any atom is -0.388 e. The average molecular weight is 277 g/mol. The lowest BCUT2D eigenvalue weighted by molar-refractivity contribution is -0.0900. The molecule has 2 saturated carbocycles. The lowest BCUT2D eigenvalue weighted by atomic mass is 9.59. The van der Waals surface area contributed by atoms with E-state index in [4.69, 9.17) is 0 Å². The third-order valence-corrected chi connectivity index (χ3v) is 6.30. The van der Waals surface area contributed by atoms with Gasteiger partial charge >= 0.3 is 0 Å². The molecular weight excluding hydrogens is 246 g/mol. The largest absolute Gasteiger partial charge is 0.388 e. The Morgan fingerprint density at radius 1 is 1.05 bits per heavy atom. The SMILES string of the molecule is CCC1CCC(C#N)(C2(O)CCCC(C)(C)CC2)CC1. The standard InChI is InChI=1S/C18H31NO/c1-4-15-6-10-17(14-19,11-7-15)18(20)9-5-8-16(2,3)12-13-18/h15,20H,4-13H2,1-3H3. The molecule has 0 heterocycles. The molecule has 0 radical (unpaired) electrons. The zero-order valence-corrected chi connectivity index (χ0v) is 13.5. The Labute approximate surface area is 124 Å². The highest BCUT2D eigenvalue weighted by Gasteiger charge is 2.52. The van der Waals surface area contributed by atoms with Crippen molar-refractivity contribution in [2.75, 3.05) is 0 Å². The van der Waals surface area contributed by atoms with Gasteiger partial charge in [0.05, 0.1) is 17.1 Å². The maximum Gasteiger partial charge on any atom is 0.0860 e. The van der Waals surface area contributed by atoms with Gasteiger partial charge in [0.2, 0.25) is 0 Å². The van der Waals surface area contributed by atoms with Gasteiger partial charge in [-0.3, -0.25) is 0 Å². The van der Waals surface area contributed by atoms with Crippen molar-refractivity contribution in [1.29, 1.82) is 5.26 Å². The molecule has 2 aliphatic carbocycles. The summed E-state index contributed by atoms with van der Waals surface area (Å²) in [5, 5.41) is 21.1. The van der Waals surface area contributed by atoms with E-state index in [0.717, 1.165) is 57.3 Å². The third kappa shape index (κ3) is 2.89. The van der Waals surface area contributed by atoms with Crippen LogP contribution in [-0.2, 0) is 0 Å². The van der Waals surface area contributed by atoms with Crippen LogP contribution in [0.2, 0.25) is 0 Å². The number of hydrogen-bond acceptors (Lipinski definition) is 2. The van der Waals surface area contributed by atoms with Crippen molar-refractivity contribution in [2.24, 2.45) is 16.7 Å². The Balaban J connectivity index is 2.16. The highest BCUT2D eigenvalue weighted by atomic mass is 16.3. The molecule has 1 atom stereocenters. The first kappa shape index (κ1) is 15.8. The second kappa shape index (κ2) is 5.68. The lowest BCUT2D eigenvalue weighted by Gasteiger charge is -2.46. The molecule has 20 heavy (non-hydrogen) atoms. The van der Waals surface area contributed by atoms with Gasteiger partial charge in [0.25, 0.3) is 0 Å². The predicted octanol–water partition coefficient (Wildman–Crippen LogP) is 4.82. The van der Waals surface area contributed by atoms with Crippen molar-refractivity contribution in [3.63, 3.8) is 0 Å². The first-order valence-corrected chi connectivity index (χ1v) is 8.50. The molecule has 0 amide bonds. The molecular formula is C18H31NO. The average Bonchev–Trinajstić information content (AvgIpc) is 2.58. The van der Waals surface area contributed by atoms with Gasteiger partial charge in [-0.2, -0.15) is 5.26 Å². The van der Waals surface area contributed by atoms with Gasteiger partial charge in [-0.25, -0.2) is 0 Å². The van der Waals surface area contributed by atoms with Crippen LogP contribution in [-0.4, -0.2) is 10.7 Å². The van der Waals surface area contributed by atoms with Gasteiger partial charge in [0.1, 0.15) is 0 Å². The molecule has 0 aromatic rings. The van der Waals surface area contributed by atoms with Crippen LogP contribution < -0.4 is 0 Å². The normalized spacial score (nSPS) is 41.6. The van der Waals surface area contributed by atoms with Crippen LogP contribution in [0.4, 0.5) is 0 Å². The Morgan fingerprint density at radius 3 is 2.25 bits per heavy atom.